The van der Waals surface area contributed by atoms with E-state index in [4.69, 9.17) is 0 Å². The van der Waals surface area contributed by atoms with Gasteiger partial charge in [-0.1, -0.05) is 84.4 Å². The summed E-state index contributed by atoms with van der Waals surface area (Å²) in [5.41, 5.74) is 5.58. The van der Waals surface area contributed by atoms with Crippen molar-refractivity contribution in [2.45, 2.75) is 20.4 Å². The number of aryl methyl sites for hydroxylation is 2. The van der Waals surface area contributed by atoms with Crippen molar-refractivity contribution < 1.29 is 4.79 Å². The van der Waals surface area contributed by atoms with Crippen molar-refractivity contribution in [3.05, 3.63) is 112 Å². The summed E-state index contributed by atoms with van der Waals surface area (Å²) in [7, 11) is 0. The fraction of sp³-hybridized carbons (Fsp3) is 0.107. The van der Waals surface area contributed by atoms with E-state index in [2.05, 4.69) is 4.98 Å². The normalized spacial score (nSPS) is 11.1. The maximum atomic E-state index is 13.4. The Labute approximate surface area is 195 Å². The largest absolute Gasteiger partial charge is 0.292 e. The van der Waals surface area contributed by atoms with Crippen LogP contribution in [-0.4, -0.2) is 15.3 Å². The lowest BCUT2D eigenvalue weighted by atomic mass is 10.0. The second-order valence-corrected chi connectivity index (χ2v) is 9.33. The van der Waals surface area contributed by atoms with Crippen LogP contribution in [0.15, 0.2) is 90.0 Å². The third kappa shape index (κ3) is 4.03. The molecule has 0 bridgehead atoms. The molecule has 0 radical (unpaired) electrons. The molecule has 4 nitrogen and oxygen atoms in total. The van der Waals surface area contributed by atoms with E-state index in [0.717, 1.165) is 32.7 Å². The van der Waals surface area contributed by atoms with Crippen molar-refractivity contribution in [2.75, 3.05) is 0 Å². The van der Waals surface area contributed by atoms with Crippen LogP contribution in [0.4, 0.5) is 0 Å². The van der Waals surface area contributed by atoms with Crippen LogP contribution in [0.25, 0.3) is 32.5 Å². The Morgan fingerprint density at radius 3 is 2.18 bits per heavy atom. The van der Waals surface area contributed by atoms with Crippen LogP contribution < -0.4 is 5.56 Å². The van der Waals surface area contributed by atoms with Gasteiger partial charge in [0, 0.05) is 16.0 Å². The van der Waals surface area contributed by atoms with Gasteiger partial charge >= 0.3 is 0 Å². The average Bonchev–Trinajstić information content (AvgIpc) is 3.18. The average molecular weight is 451 g/mol. The highest BCUT2D eigenvalue weighted by Gasteiger charge is 2.18. The number of rotatable bonds is 5. The molecule has 0 fully saturated rings. The van der Waals surface area contributed by atoms with Crippen molar-refractivity contribution in [1.82, 2.24) is 9.55 Å². The molecule has 5 rings (SSSR count). The molecule has 5 heteroatoms. The number of nitrogens with zero attached hydrogens (tertiary/aromatic N) is 2. The predicted octanol–water partition coefficient (Wildman–Crippen LogP) is 6.29. The lowest BCUT2D eigenvalue weighted by molar-refractivity contribution is 0.0970. The lowest BCUT2D eigenvalue weighted by Gasteiger charge is -2.08. The maximum Gasteiger partial charge on any atom is 0.263 e. The summed E-state index contributed by atoms with van der Waals surface area (Å²) in [5, 5.41) is 0.580. The zero-order valence-electron chi connectivity index (χ0n) is 18.4. The van der Waals surface area contributed by atoms with Gasteiger partial charge in [-0.15, -0.1) is 11.3 Å². The van der Waals surface area contributed by atoms with Crippen LogP contribution >= 0.6 is 11.3 Å². The molecule has 2 aromatic heterocycles. The van der Waals surface area contributed by atoms with Crippen LogP contribution in [0.1, 0.15) is 20.8 Å². The van der Waals surface area contributed by atoms with E-state index in [1.165, 1.54) is 22.2 Å². The zero-order chi connectivity index (χ0) is 22.9. The third-order valence-corrected chi connectivity index (χ3v) is 6.84. The number of fused-ring (bicyclic) bond motifs is 1. The van der Waals surface area contributed by atoms with Crippen molar-refractivity contribution in [3.63, 3.8) is 0 Å². The molecule has 0 unspecified atom stereocenters. The fourth-order valence-electron chi connectivity index (χ4n) is 4.04. The minimum absolute atomic E-state index is 0.0469. The molecular weight excluding hydrogens is 428 g/mol. The Kier molecular flexibility index (Phi) is 5.48. The number of benzene rings is 3. The Morgan fingerprint density at radius 2 is 1.48 bits per heavy atom. The van der Waals surface area contributed by atoms with Gasteiger partial charge < -0.3 is 0 Å². The first kappa shape index (κ1) is 21.0. The molecule has 3 aromatic carbocycles. The number of aromatic nitrogens is 2. The van der Waals surface area contributed by atoms with Crippen molar-refractivity contribution in [3.8, 4) is 22.3 Å². The van der Waals surface area contributed by atoms with Crippen LogP contribution in [-0.2, 0) is 6.54 Å². The zero-order valence-corrected chi connectivity index (χ0v) is 19.2. The van der Waals surface area contributed by atoms with Gasteiger partial charge in [0.15, 0.2) is 5.78 Å². The molecule has 0 atom stereocenters. The number of ketones is 1. The smallest absolute Gasteiger partial charge is 0.263 e. The van der Waals surface area contributed by atoms with Crippen LogP contribution in [0, 0.1) is 13.8 Å². The number of Topliss-reactive ketones (excluding diaryl/α,β-unsaturated/α-hetero) is 1. The molecule has 33 heavy (non-hydrogen) atoms. The summed E-state index contributed by atoms with van der Waals surface area (Å²) in [5.74, 6) is -0.123. The summed E-state index contributed by atoms with van der Waals surface area (Å²) in [6.07, 6.45) is 1.48. The molecule has 0 aliphatic heterocycles. The van der Waals surface area contributed by atoms with Crippen LogP contribution in [0.3, 0.4) is 0 Å². The quantitative estimate of drug-likeness (QED) is 0.296. The van der Waals surface area contributed by atoms with E-state index in [1.54, 1.807) is 0 Å². The first-order chi connectivity index (χ1) is 16.0. The van der Waals surface area contributed by atoms with E-state index >= 15 is 0 Å². The standard InChI is InChI=1S/C28H22N2O2S/c1-18-8-10-23(11-9-18)25-19(2)33-27-26(25)28(32)30(17-29-27)16-24(31)22-14-12-21(13-15-22)20-6-4-3-5-7-20/h3-15,17H,16H2,1-2H3. The molecule has 0 amide bonds. The molecule has 2 heterocycles. The number of carbonyl (C=O) groups excluding carboxylic acids is 1. The van der Waals surface area contributed by atoms with Crippen molar-refractivity contribution in [2.24, 2.45) is 0 Å². The first-order valence-electron chi connectivity index (χ1n) is 10.8. The molecule has 5 aromatic rings. The van der Waals surface area contributed by atoms with Crippen molar-refractivity contribution in [1.29, 1.82) is 0 Å². The SMILES string of the molecule is Cc1ccc(-c2c(C)sc3ncn(CC(=O)c4ccc(-c5ccccc5)cc4)c(=O)c23)cc1. The summed E-state index contributed by atoms with van der Waals surface area (Å²) >= 11 is 1.51. The van der Waals surface area contributed by atoms with Gasteiger partial charge in [0.2, 0.25) is 0 Å². The van der Waals surface area contributed by atoms with E-state index in [1.807, 2.05) is 92.7 Å². The predicted molar refractivity (Wildman–Crippen MR) is 135 cm³/mol. The Hall–Kier alpha value is -3.83. The Morgan fingerprint density at radius 1 is 0.848 bits per heavy atom. The van der Waals surface area contributed by atoms with Gasteiger partial charge in [0.1, 0.15) is 4.83 Å². The summed E-state index contributed by atoms with van der Waals surface area (Å²) in [6, 6.07) is 25.6. The van der Waals surface area contributed by atoms with E-state index in [0.29, 0.717) is 15.8 Å². The lowest BCUT2D eigenvalue weighted by Crippen LogP contribution is -2.24. The molecule has 0 saturated heterocycles. The number of hydrogen-bond donors (Lipinski definition) is 0. The van der Waals surface area contributed by atoms with Gasteiger partial charge in [-0.2, -0.15) is 0 Å². The highest BCUT2D eigenvalue weighted by atomic mass is 32.1. The Bertz CT molecular complexity index is 1510. The van der Waals surface area contributed by atoms with Gasteiger partial charge in [-0.25, -0.2) is 4.98 Å². The monoisotopic (exact) mass is 450 g/mol. The summed E-state index contributed by atoms with van der Waals surface area (Å²) in [4.78, 5) is 32.6. The van der Waals surface area contributed by atoms with E-state index in [-0.39, 0.29) is 17.9 Å². The van der Waals surface area contributed by atoms with Crippen LogP contribution in [0.2, 0.25) is 0 Å². The van der Waals surface area contributed by atoms with Gasteiger partial charge in [-0.05, 0) is 30.5 Å². The first-order valence-corrected chi connectivity index (χ1v) is 11.6. The number of thiophene rings is 1. The van der Waals surface area contributed by atoms with Crippen LogP contribution in [0.5, 0.6) is 0 Å². The fourth-order valence-corrected chi connectivity index (χ4v) is 5.05. The van der Waals surface area contributed by atoms with E-state index < -0.39 is 0 Å². The summed E-state index contributed by atoms with van der Waals surface area (Å²) < 4.78 is 1.42. The van der Waals surface area contributed by atoms with Gasteiger partial charge in [0.25, 0.3) is 5.56 Å². The highest BCUT2D eigenvalue weighted by Crippen LogP contribution is 2.35. The number of hydrogen-bond acceptors (Lipinski definition) is 4. The summed E-state index contributed by atoms with van der Waals surface area (Å²) in [6.45, 7) is 3.99. The highest BCUT2D eigenvalue weighted by molar-refractivity contribution is 7.19. The molecule has 0 saturated carbocycles. The molecule has 0 spiro atoms. The van der Waals surface area contributed by atoms with Gasteiger partial charge in [0.05, 0.1) is 18.3 Å². The second kappa shape index (κ2) is 8.60. The molecule has 162 valence electrons. The third-order valence-electron chi connectivity index (χ3n) is 5.82. The molecule has 0 aliphatic carbocycles. The number of carbonyl (C=O) groups is 1. The minimum Gasteiger partial charge on any atom is -0.292 e. The van der Waals surface area contributed by atoms with Gasteiger partial charge in [-0.3, -0.25) is 14.2 Å². The topological polar surface area (TPSA) is 52.0 Å². The van der Waals surface area contributed by atoms with E-state index in [9.17, 15) is 9.59 Å². The maximum absolute atomic E-state index is 13.4. The molecule has 0 N–H and O–H groups in total. The molecule has 0 aliphatic rings. The minimum atomic E-state index is -0.186. The Balaban J connectivity index is 1.47. The van der Waals surface area contributed by atoms with Crippen molar-refractivity contribution >= 4 is 27.3 Å². The molecular formula is C28H22N2O2S. The second-order valence-electron chi connectivity index (χ2n) is 8.12.